The first-order valence-corrected chi connectivity index (χ1v) is 18.4. The van der Waals surface area contributed by atoms with E-state index in [4.69, 9.17) is 9.47 Å². The molecule has 0 saturated heterocycles. The number of amides is 3. The van der Waals surface area contributed by atoms with Crippen LogP contribution in [0.3, 0.4) is 0 Å². The van der Waals surface area contributed by atoms with Crippen molar-refractivity contribution in [2.24, 2.45) is 0 Å². The van der Waals surface area contributed by atoms with Gasteiger partial charge in [0, 0.05) is 39.2 Å². The van der Waals surface area contributed by atoms with Crippen LogP contribution in [0.5, 0.6) is 11.5 Å². The molecule has 0 bridgehead atoms. The number of non-ortho nitro benzene ring substituents is 1. The van der Waals surface area contributed by atoms with Crippen LogP contribution in [0, 0.1) is 10.1 Å². The van der Waals surface area contributed by atoms with Gasteiger partial charge in [-0.25, -0.2) is 4.98 Å². The molecule has 1 aromatic heterocycles. The SMILES string of the molecule is COc1ccc(/C=C(\NC(=O)c2ccccc2)C(=O)Nc2ccc(SC(C(=O)Nc3nc(-c4cccc([N+](=O)[O-])c4)cs3)c3ccccc3)cc2)cc1OC. The number of carbonyl (C=O) groups is 3. The molecule has 1 heterocycles. The van der Waals surface area contributed by atoms with Crippen molar-refractivity contribution in [2.75, 3.05) is 24.9 Å². The monoisotopic (exact) mass is 771 g/mol. The van der Waals surface area contributed by atoms with Gasteiger partial charge in [-0.2, -0.15) is 0 Å². The summed E-state index contributed by atoms with van der Waals surface area (Å²) in [6.07, 6.45) is 1.54. The number of ether oxygens (including phenoxy) is 2. The van der Waals surface area contributed by atoms with E-state index in [9.17, 15) is 24.5 Å². The summed E-state index contributed by atoms with van der Waals surface area (Å²) in [6, 6.07) is 36.1. The molecule has 0 spiro atoms. The predicted molar refractivity (Wildman–Crippen MR) is 214 cm³/mol. The van der Waals surface area contributed by atoms with Crippen LogP contribution in [0.1, 0.15) is 26.7 Å². The molecule has 0 aliphatic carbocycles. The number of thioether (sulfide) groups is 1. The molecule has 0 radical (unpaired) electrons. The Balaban J connectivity index is 1.18. The van der Waals surface area contributed by atoms with Gasteiger partial charge in [0.15, 0.2) is 16.6 Å². The fourth-order valence-electron chi connectivity index (χ4n) is 5.32. The van der Waals surface area contributed by atoms with Gasteiger partial charge in [0.1, 0.15) is 10.9 Å². The zero-order valence-corrected chi connectivity index (χ0v) is 31.1. The first-order valence-electron chi connectivity index (χ1n) is 16.6. The van der Waals surface area contributed by atoms with Gasteiger partial charge in [0.2, 0.25) is 5.91 Å². The molecule has 6 rings (SSSR count). The number of thiazole rings is 1. The van der Waals surface area contributed by atoms with Gasteiger partial charge in [-0.1, -0.05) is 66.7 Å². The molecule has 55 heavy (non-hydrogen) atoms. The van der Waals surface area contributed by atoms with Crippen LogP contribution in [0.4, 0.5) is 16.5 Å². The zero-order chi connectivity index (χ0) is 38.7. The lowest BCUT2D eigenvalue weighted by atomic mass is 10.1. The highest BCUT2D eigenvalue weighted by Gasteiger charge is 2.24. The number of nitro groups is 1. The Hall–Kier alpha value is -6.77. The number of nitro benzene ring substituents is 1. The number of methoxy groups -OCH3 is 2. The molecule has 0 aliphatic rings. The number of hydrogen-bond donors (Lipinski definition) is 3. The highest BCUT2D eigenvalue weighted by atomic mass is 32.2. The minimum atomic E-state index is -0.670. The maximum Gasteiger partial charge on any atom is 0.272 e. The number of rotatable bonds is 14. The largest absolute Gasteiger partial charge is 0.493 e. The maximum atomic E-state index is 13.7. The van der Waals surface area contributed by atoms with E-state index in [-0.39, 0.29) is 17.3 Å². The Labute approximate surface area is 324 Å². The average Bonchev–Trinajstić information content (AvgIpc) is 3.69. The van der Waals surface area contributed by atoms with E-state index < -0.39 is 22.0 Å². The van der Waals surface area contributed by atoms with Gasteiger partial charge in [0.05, 0.1) is 24.8 Å². The molecule has 5 aromatic carbocycles. The van der Waals surface area contributed by atoms with Crippen molar-refractivity contribution in [1.82, 2.24) is 10.3 Å². The van der Waals surface area contributed by atoms with E-state index in [1.165, 1.54) is 49.5 Å². The Bertz CT molecular complexity index is 2350. The predicted octanol–water partition coefficient (Wildman–Crippen LogP) is 8.62. The maximum absolute atomic E-state index is 13.7. The summed E-state index contributed by atoms with van der Waals surface area (Å²) in [7, 11) is 3.03. The molecule has 6 aromatic rings. The van der Waals surface area contributed by atoms with Crippen LogP contribution in [-0.4, -0.2) is 41.8 Å². The highest BCUT2D eigenvalue weighted by Crippen LogP contribution is 2.37. The van der Waals surface area contributed by atoms with E-state index in [1.54, 1.807) is 96.4 Å². The molecule has 14 heteroatoms. The first kappa shape index (κ1) is 38.0. The number of anilines is 2. The van der Waals surface area contributed by atoms with Crippen molar-refractivity contribution in [1.29, 1.82) is 0 Å². The van der Waals surface area contributed by atoms with Crippen LogP contribution in [0.15, 0.2) is 143 Å². The molecular formula is C41H33N5O7S2. The summed E-state index contributed by atoms with van der Waals surface area (Å²) in [6.45, 7) is 0. The van der Waals surface area contributed by atoms with Crippen molar-refractivity contribution < 1.29 is 28.8 Å². The van der Waals surface area contributed by atoms with E-state index in [1.807, 2.05) is 30.3 Å². The third-order valence-electron chi connectivity index (χ3n) is 8.04. The fourth-order valence-corrected chi connectivity index (χ4v) is 7.06. The van der Waals surface area contributed by atoms with Crippen molar-refractivity contribution in [2.45, 2.75) is 10.1 Å². The third kappa shape index (κ3) is 9.81. The van der Waals surface area contributed by atoms with Gasteiger partial charge < -0.3 is 25.4 Å². The second-order valence-corrected chi connectivity index (χ2v) is 13.8. The molecule has 0 saturated carbocycles. The summed E-state index contributed by atoms with van der Waals surface area (Å²) >= 11 is 2.53. The average molecular weight is 772 g/mol. The lowest BCUT2D eigenvalue weighted by molar-refractivity contribution is -0.384. The Morgan fingerprint density at radius 1 is 0.818 bits per heavy atom. The molecule has 276 valence electrons. The summed E-state index contributed by atoms with van der Waals surface area (Å²) < 4.78 is 10.7. The summed E-state index contributed by atoms with van der Waals surface area (Å²) in [5, 5.41) is 21.1. The topological polar surface area (TPSA) is 162 Å². The number of hydrogen-bond acceptors (Lipinski definition) is 10. The lowest BCUT2D eigenvalue weighted by Crippen LogP contribution is -2.30. The first-order chi connectivity index (χ1) is 26.7. The van der Waals surface area contributed by atoms with E-state index in [0.717, 1.165) is 10.5 Å². The van der Waals surface area contributed by atoms with Gasteiger partial charge in [-0.3, -0.25) is 24.5 Å². The second-order valence-electron chi connectivity index (χ2n) is 11.7. The smallest absolute Gasteiger partial charge is 0.272 e. The summed E-state index contributed by atoms with van der Waals surface area (Å²) in [4.78, 5) is 56.6. The van der Waals surface area contributed by atoms with Crippen molar-refractivity contribution in [3.63, 3.8) is 0 Å². The van der Waals surface area contributed by atoms with Crippen LogP contribution in [0.2, 0.25) is 0 Å². The Morgan fingerprint density at radius 2 is 1.53 bits per heavy atom. The Kier molecular flexibility index (Phi) is 12.3. The number of nitrogens with one attached hydrogen (secondary N) is 3. The van der Waals surface area contributed by atoms with Crippen LogP contribution < -0.4 is 25.4 Å². The normalized spacial score (nSPS) is 11.6. The van der Waals surface area contributed by atoms with Gasteiger partial charge in [-0.05, 0) is 65.7 Å². The minimum Gasteiger partial charge on any atom is -0.493 e. The van der Waals surface area contributed by atoms with Crippen molar-refractivity contribution in [3.8, 4) is 22.8 Å². The van der Waals surface area contributed by atoms with E-state index in [0.29, 0.717) is 44.7 Å². The lowest BCUT2D eigenvalue weighted by Gasteiger charge is -2.17. The summed E-state index contributed by atoms with van der Waals surface area (Å²) in [5.74, 6) is -0.365. The molecule has 0 aliphatic heterocycles. The van der Waals surface area contributed by atoms with Crippen LogP contribution in [-0.2, 0) is 9.59 Å². The number of benzene rings is 5. The highest BCUT2D eigenvalue weighted by molar-refractivity contribution is 8.00. The van der Waals surface area contributed by atoms with Gasteiger partial charge in [0.25, 0.3) is 17.5 Å². The van der Waals surface area contributed by atoms with Crippen LogP contribution >= 0.6 is 23.1 Å². The van der Waals surface area contributed by atoms with Crippen molar-refractivity contribution >= 4 is 63.4 Å². The van der Waals surface area contributed by atoms with Crippen LogP contribution in [0.25, 0.3) is 17.3 Å². The fraction of sp³-hybridized carbons (Fsp3) is 0.0732. The van der Waals surface area contributed by atoms with Gasteiger partial charge >= 0.3 is 0 Å². The molecule has 1 unspecified atom stereocenters. The number of carbonyl (C=O) groups excluding carboxylic acids is 3. The molecule has 0 fully saturated rings. The third-order valence-corrected chi connectivity index (χ3v) is 10.1. The molecule has 1 atom stereocenters. The number of aromatic nitrogens is 1. The van der Waals surface area contributed by atoms with Crippen molar-refractivity contribution in [3.05, 3.63) is 165 Å². The van der Waals surface area contributed by atoms with E-state index >= 15 is 0 Å². The van der Waals surface area contributed by atoms with Gasteiger partial charge in [-0.15, -0.1) is 23.1 Å². The molecule has 3 N–H and O–H groups in total. The minimum absolute atomic E-state index is 0.00355. The molecular weight excluding hydrogens is 739 g/mol. The molecule has 12 nitrogen and oxygen atoms in total. The Morgan fingerprint density at radius 3 is 2.22 bits per heavy atom. The summed E-state index contributed by atoms with van der Waals surface area (Å²) in [5.41, 5.74) is 3.20. The second kappa shape index (κ2) is 17.8. The van der Waals surface area contributed by atoms with E-state index in [2.05, 4.69) is 20.9 Å². The number of nitrogens with zero attached hydrogens (tertiary/aromatic N) is 2. The molecule has 3 amide bonds. The quantitative estimate of drug-likeness (QED) is 0.0426. The zero-order valence-electron chi connectivity index (χ0n) is 29.4. The standard InChI is InChI=1S/C41H33N5O7S2/c1-52-35-21-16-26(23-36(35)53-2)22-33(43-38(47)28-12-7-4-8-13-28)39(48)42-30-17-19-32(20-18-30)55-37(27-10-5-3-6-11-27)40(49)45-41-44-34(25-54-41)29-14-9-15-31(24-29)46(50)51/h3-25,37H,1-2H3,(H,42,48)(H,43,47)(H,44,45,49)/b33-22-.